The van der Waals surface area contributed by atoms with Crippen LogP contribution in [-0.2, 0) is 15.0 Å². The second kappa shape index (κ2) is 4.16. The summed E-state index contributed by atoms with van der Waals surface area (Å²) >= 11 is 5.49. The molecule has 0 aromatic heterocycles. The van der Waals surface area contributed by atoms with Crippen LogP contribution in [0.1, 0.15) is 6.92 Å². The third kappa shape index (κ3) is 2.92. The average Bonchev–Trinajstić information content (AvgIpc) is 2.09. The first kappa shape index (κ1) is 14.3. The van der Waals surface area contributed by atoms with Gasteiger partial charge in [0.05, 0.1) is 5.92 Å². The molecule has 98 valence electrons. The first-order chi connectivity index (χ1) is 7.47. The Morgan fingerprint density at radius 2 is 2.00 bits per heavy atom. The van der Waals surface area contributed by atoms with E-state index in [0.29, 0.717) is 0 Å². The lowest BCUT2D eigenvalue weighted by Crippen LogP contribution is -2.38. The van der Waals surface area contributed by atoms with E-state index in [1.807, 2.05) is 0 Å². The zero-order valence-electron chi connectivity index (χ0n) is 8.33. The molecular weight excluding hydrogens is 288 g/mol. The summed E-state index contributed by atoms with van der Waals surface area (Å²) in [6.07, 6.45) is -2.46. The molecule has 0 bridgehead atoms. The molecule has 1 rings (SSSR count). The monoisotopic (exact) mass is 294 g/mol. The molecule has 0 saturated carbocycles. The lowest BCUT2D eigenvalue weighted by molar-refractivity contribution is -0.308. The van der Waals surface area contributed by atoms with Crippen molar-refractivity contribution >= 4 is 21.8 Å². The van der Waals surface area contributed by atoms with Crippen LogP contribution >= 0.6 is 11.6 Å². The second-order valence-corrected chi connectivity index (χ2v) is 5.73. The number of alkyl halides is 4. The van der Waals surface area contributed by atoms with Gasteiger partial charge in [0, 0.05) is 0 Å². The highest BCUT2D eigenvalue weighted by molar-refractivity contribution is 7.89. The molecule has 0 aromatic rings. The maximum Gasteiger partial charge on any atom is 0.572 e. The smallest absolute Gasteiger partial charge is 0.410 e. The van der Waals surface area contributed by atoms with E-state index in [4.69, 9.17) is 11.6 Å². The maximum absolute atomic E-state index is 12.9. The largest absolute Gasteiger partial charge is 0.572 e. The Labute approximate surface area is 99.9 Å². The molecule has 0 radical (unpaired) electrons. The Kier molecular flexibility index (Phi) is 3.50. The van der Waals surface area contributed by atoms with E-state index in [-0.39, 0.29) is 0 Å². The quantitative estimate of drug-likeness (QED) is 0.447. The molecule has 0 spiro atoms. The average molecular weight is 295 g/mol. The molecule has 2 unspecified atom stereocenters. The standard InChI is InChI=1S/C8H7ClF4O3S/c1-5-6(16-8(10,11)12)3-2-4-7(5,9)17(13,14)15/h2-5H,1H3. The van der Waals surface area contributed by atoms with Gasteiger partial charge in [-0.1, -0.05) is 24.6 Å². The third-order valence-electron chi connectivity index (χ3n) is 2.21. The van der Waals surface area contributed by atoms with Gasteiger partial charge in [-0.3, -0.25) is 0 Å². The Morgan fingerprint density at radius 3 is 2.41 bits per heavy atom. The summed E-state index contributed by atoms with van der Waals surface area (Å²) in [6, 6.07) is 0. The normalized spacial score (nSPS) is 30.0. The fourth-order valence-electron chi connectivity index (χ4n) is 1.31. The number of hydrogen-bond acceptors (Lipinski definition) is 3. The molecular formula is C8H7ClF4O3S. The summed E-state index contributed by atoms with van der Waals surface area (Å²) < 4.78 is 71.5. The Hall–Kier alpha value is -0.760. The molecule has 1 aliphatic rings. The van der Waals surface area contributed by atoms with Crippen LogP contribution in [0.15, 0.2) is 24.0 Å². The van der Waals surface area contributed by atoms with Crippen LogP contribution in [0.2, 0.25) is 0 Å². The minimum atomic E-state index is -5.27. The number of ether oxygens (including phenoxy) is 1. The van der Waals surface area contributed by atoms with Crippen molar-refractivity contribution in [2.24, 2.45) is 5.92 Å². The molecule has 0 saturated heterocycles. The highest BCUT2D eigenvalue weighted by atomic mass is 35.5. The summed E-state index contributed by atoms with van der Waals surface area (Å²) in [6.45, 7) is 1.02. The molecule has 1 aliphatic carbocycles. The molecule has 0 amide bonds. The van der Waals surface area contributed by atoms with Crippen LogP contribution in [0.3, 0.4) is 0 Å². The summed E-state index contributed by atoms with van der Waals surface area (Å²) in [5.74, 6) is -2.28. The summed E-state index contributed by atoms with van der Waals surface area (Å²) in [4.78, 5) is 0. The van der Waals surface area contributed by atoms with E-state index in [2.05, 4.69) is 4.74 Å². The fraction of sp³-hybridized carbons (Fsp3) is 0.500. The van der Waals surface area contributed by atoms with Crippen molar-refractivity contribution in [2.75, 3.05) is 0 Å². The number of allylic oxidation sites excluding steroid dienone is 3. The summed E-state index contributed by atoms with van der Waals surface area (Å²) in [5, 5.41) is 0. The first-order valence-electron chi connectivity index (χ1n) is 4.25. The van der Waals surface area contributed by atoms with E-state index >= 15 is 0 Å². The van der Waals surface area contributed by atoms with Crippen LogP contribution < -0.4 is 0 Å². The highest BCUT2D eigenvalue weighted by Crippen LogP contribution is 2.42. The molecule has 3 nitrogen and oxygen atoms in total. The fourth-order valence-corrected chi connectivity index (χ4v) is 2.27. The Balaban J connectivity index is 3.09. The van der Waals surface area contributed by atoms with Gasteiger partial charge in [-0.15, -0.1) is 17.1 Å². The van der Waals surface area contributed by atoms with E-state index in [1.165, 1.54) is 0 Å². The van der Waals surface area contributed by atoms with Gasteiger partial charge in [-0.05, 0) is 12.2 Å². The van der Waals surface area contributed by atoms with Gasteiger partial charge in [0.25, 0.3) is 0 Å². The van der Waals surface area contributed by atoms with Gasteiger partial charge in [0.1, 0.15) is 5.76 Å². The number of rotatable bonds is 2. The first-order valence-corrected chi connectivity index (χ1v) is 6.02. The number of halogens is 5. The Morgan fingerprint density at radius 1 is 1.47 bits per heavy atom. The molecule has 0 N–H and O–H groups in total. The van der Waals surface area contributed by atoms with Gasteiger partial charge in [0.15, 0.2) is 0 Å². The lowest BCUT2D eigenvalue weighted by atomic mass is 9.99. The molecule has 2 atom stereocenters. The van der Waals surface area contributed by atoms with Crippen molar-refractivity contribution in [3.8, 4) is 0 Å². The van der Waals surface area contributed by atoms with Crippen LogP contribution in [0.4, 0.5) is 17.1 Å². The Bertz CT molecular complexity index is 468. The van der Waals surface area contributed by atoms with Crippen molar-refractivity contribution in [3.63, 3.8) is 0 Å². The minimum Gasteiger partial charge on any atom is -0.410 e. The van der Waals surface area contributed by atoms with Crippen molar-refractivity contribution in [1.82, 2.24) is 0 Å². The van der Waals surface area contributed by atoms with Crippen molar-refractivity contribution < 1.29 is 30.2 Å². The molecule has 0 heterocycles. The van der Waals surface area contributed by atoms with E-state index in [1.54, 1.807) is 0 Å². The van der Waals surface area contributed by atoms with Gasteiger partial charge >= 0.3 is 16.6 Å². The second-order valence-electron chi connectivity index (χ2n) is 3.33. The SMILES string of the molecule is CC1C(OC(F)(F)F)=CC=CC1(Cl)S(=O)(=O)F. The molecule has 17 heavy (non-hydrogen) atoms. The highest BCUT2D eigenvalue weighted by Gasteiger charge is 2.50. The van der Waals surface area contributed by atoms with Gasteiger partial charge in [-0.25, -0.2) is 0 Å². The molecule has 0 aromatic carbocycles. The van der Waals surface area contributed by atoms with Crippen LogP contribution in [0.25, 0.3) is 0 Å². The van der Waals surface area contributed by atoms with E-state index < -0.39 is 32.5 Å². The molecule has 0 aliphatic heterocycles. The van der Waals surface area contributed by atoms with Crippen molar-refractivity contribution in [3.05, 3.63) is 24.0 Å². The van der Waals surface area contributed by atoms with Crippen molar-refractivity contribution in [1.29, 1.82) is 0 Å². The van der Waals surface area contributed by atoms with E-state index in [0.717, 1.165) is 25.2 Å². The predicted octanol–water partition coefficient (Wildman–Crippen LogP) is 2.85. The van der Waals surface area contributed by atoms with Crippen LogP contribution in [0.5, 0.6) is 0 Å². The predicted molar refractivity (Wildman–Crippen MR) is 52.1 cm³/mol. The lowest BCUT2D eigenvalue weighted by Gasteiger charge is -2.30. The zero-order chi connectivity index (χ0) is 13.5. The van der Waals surface area contributed by atoms with Crippen LogP contribution in [-0.4, -0.2) is 19.0 Å². The topological polar surface area (TPSA) is 43.4 Å². The summed E-state index contributed by atoms with van der Waals surface area (Å²) in [7, 11) is -5.27. The van der Waals surface area contributed by atoms with Gasteiger partial charge in [0.2, 0.25) is 4.21 Å². The minimum absolute atomic E-state index is 0.762. The molecule has 9 heteroatoms. The molecule has 0 fully saturated rings. The van der Waals surface area contributed by atoms with Crippen LogP contribution in [0, 0.1) is 5.92 Å². The maximum atomic E-state index is 12.9. The van der Waals surface area contributed by atoms with Crippen molar-refractivity contribution in [2.45, 2.75) is 17.5 Å². The number of hydrogen-bond donors (Lipinski definition) is 0. The third-order valence-corrected chi connectivity index (χ3v) is 4.45. The summed E-state index contributed by atoms with van der Waals surface area (Å²) in [5.41, 5.74) is 0. The van der Waals surface area contributed by atoms with E-state index in [9.17, 15) is 25.5 Å². The van der Waals surface area contributed by atoms with Gasteiger partial charge in [-0.2, -0.15) is 8.42 Å². The van der Waals surface area contributed by atoms with Gasteiger partial charge < -0.3 is 4.74 Å². The zero-order valence-corrected chi connectivity index (χ0v) is 9.90.